The first-order valence-corrected chi connectivity index (χ1v) is 7.46. The van der Waals surface area contributed by atoms with Gasteiger partial charge in [-0.2, -0.15) is 0 Å². The maximum absolute atomic E-state index is 6.28. The Morgan fingerprint density at radius 1 is 1.11 bits per heavy atom. The van der Waals surface area contributed by atoms with Gasteiger partial charge in [0.15, 0.2) is 0 Å². The standard InChI is InChI=1S/C15H23Cl2N/c1-5-14(10(3)4)18-15(6-2)12-8-7-11(16)9-13(12)17/h7-10,14-15,18H,5-6H2,1-4H3. The van der Waals surface area contributed by atoms with E-state index in [0.29, 0.717) is 23.0 Å². The number of halogens is 2. The molecule has 3 heteroatoms. The van der Waals surface area contributed by atoms with Gasteiger partial charge in [0.2, 0.25) is 0 Å². The summed E-state index contributed by atoms with van der Waals surface area (Å²) in [7, 11) is 0. The predicted molar refractivity (Wildman–Crippen MR) is 81.5 cm³/mol. The van der Waals surface area contributed by atoms with Gasteiger partial charge in [-0.15, -0.1) is 0 Å². The van der Waals surface area contributed by atoms with Crippen molar-refractivity contribution in [2.24, 2.45) is 5.92 Å². The van der Waals surface area contributed by atoms with Crippen molar-refractivity contribution >= 4 is 23.2 Å². The van der Waals surface area contributed by atoms with Crippen LogP contribution < -0.4 is 5.32 Å². The Kier molecular flexibility index (Phi) is 6.48. The van der Waals surface area contributed by atoms with E-state index in [0.717, 1.165) is 23.4 Å². The van der Waals surface area contributed by atoms with Crippen molar-refractivity contribution in [2.75, 3.05) is 0 Å². The Morgan fingerprint density at radius 3 is 2.22 bits per heavy atom. The van der Waals surface area contributed by atoms with Crippen LogP contribution >= 0.6 is 23.2 Å². The summed E-state index contributed by atoms with van der Waals surface area (Å²) in [5.41, 5.74) is 1.14. The maximum atomic E-state index is 6.28. The molecule has 102 valence electrons. The topological polar surface area (TPSA) is 12.0 Å². The molecule has 1 N–H and O–H groups in total. The van der Waals surface area contributed by atoms with Crippen LogP contribution in [0.5, 0.6) is 0 Å². The van der Waals surface area contributed by atoms with E-state index in [1.807, 2.05) is 18.2 Å². The molecule has 0 fully saturated rings. The van der Waals surface area contributed by atoms with Crippen molar-refractivity contribution in [3.05, 3.63) is 33.8 Å². The second kappa shape index (κ2) is 7.37. The van der Waals surface area contributed by atoms with Crippen LogP contribution in [0.3, 0.4) is 0 Å². The molecule has 0 aliphatic carbocycles. The van der Waals surface area contributed by atoms with Gasteiger partial charge in [-0.3, -0.25) is 0 Å². The van der Waals surface area contributed by atoms with Gasteiger partial charge in [-0.1, -0.05) is 57.0 Å². The minimum absolute atomic E-state index is 0.294. The Bertz CT molecular complexity index is 377. The highest BCUT2D eigenvalue weighted by Gasteiger charge is 2.18. The summed E-state index contributed by atoms with van der Waals surface area (Å²) in [5.74, 6) is 0.620. The molecule has 0 aliphatic rings. The molecule has 0 bridgehead atoms. The van der Waals surface area contributed by atoms with Crippen LogP contribution in [0.4, 0.5) is 0 Å². The van der Waals surface area contributed by atoms with Crippen LogP contribution in [0, 0.1) is 5.92 Å². The average molecular weight is 288 g/mol. The van der Waals surface area contributed by atoms with Crippen molar-refractivity contribution in [2.45, 2.75) is 52.6 Å². The molecule has 0 saturated heterocycles. The molecular formula is C15H23Cl2N. The van der Waals surface area contributed by atoms with E-state index < -0.39 is 0 Å². The number of nitrogens with one attached hydrogen (secondary N) is 1. The zero-order chi connectivity index (χ0) is 13.7. The summed E-state index contributed by atoms with van der Waals surface area (Å²) < 4.78 is 0. The van der Waals surface area contributed by atoms with Gasteiger partial charge < -0.3 is 5.32 Å². The van der Waals surface area contributed by atoms with E-state index in [1.54, 1.807) is 0 Å². The van der Waals surface area contributed by atoms with Crippen LogP contribution in [0.2, 0.25) is 10.0 Å². The molecule has 0 amide bonds. The number of hydrogen-bond donors (Lipinski definition) is 1. The van der Waals surface area contributed by atoms with E-state index in [-0.39, 0.29) is 0 Å². The van der Waals surface area contributed by atoms with E-state index >= 15 is 0 Å². The van der Waals surface area contributed by atoms with Crippen molar-refractivity contribution < 1.29 is 0 Å². The van der Waals surface area contributed by atoms with Gasteiger partial charge in [0, 0.05) is 22.1 Å². The summed E-state index contributed by atoms with van der Waals surface area (Å²) in [6, 6.07) is 6.56. The number of rotatable bonds is 6. The highest BCUT2D eigenvalue weighted by atomic mass is 35.5. The van der Waals surface area contributed by atoms with Crippen molar-refractivity contribution in [3.63, 3.8) is 0 Å². The second-order valence-corrected chi connectivity index (χ2v) is 5.90. The number of hydrogen-bond acceptors (Lipinski definition) is 1. The zero-order valence-corrected chi connectivity index (χ0v) is 13.1. The first kappa shape index (κ1) is 15.8. The Hall–Kier alpha value is -0.240. The summed E-state index contributed by atoms with van der Waals surface area (Å²) in [5, 5.41) is 5.14. The van der Waals surface area contributed by atoms with E-state index in [2.05, 4.69) is 33.0 Å². The van der Waals surface area contributed by atoms with Gasteiger partial charge in [0.1, 0.15) is 0 Å². The molecule has 1 nitrogen and oxygen atoms in total. The van der Waals surface area contributed by atoms with Gasteiger partial charge in [-0.25, -0.2) is 0 Å². The summed E-state index contributed by atoms with van der Waals surface area (Å²) >= 11 is 12.2. The Morgan fingerprint density at radius 2 is 1.78 bits per heavy atom. The van der Waals surface area contributed by atoms with Gasteiger partial charge in [0.25, 0.3) is 0 Å². The monoisotopic (exact) mass is 287 g/mol. The highest BCUT2D eigenvalue weighted by Crippen LogP contribution is 2.29. The molecule has 0 spiro atoms. The first-order chi connectivity index (χ1) is 8.49. The molecule has 2 atom stereocenters. The largest absolute Gasteiger partial charge is 0.307 e. The number of benzene rings is 1. The van der Waals surface area contributed by atoms with Crippen LogP contribution in [-0.2, 0) is 0 Å². The van der Waals surface area contributed by atoms with Crippen LogP contribution in [0.1, 0.15) is 52.1 Å². The van der Waals surface area contributed by atoms with Crippen molar-refractivity contribution in [1.29, 1.82) is 0 Å². The molecule has 0 saturated carbocycles. The zero-order valence-electron chi connectivity index (χ0n) is 11.6. The van der Waals surface area contributed by atoms with Crippen LogP contribution in [-0.4, -0.2) is 6.04 Å². The minimum atomic E-state index is 0.294. The normalized spacial score (nSPS) is 14.8. The van der Waals surface area contributed by atoms with E-state index in [9.17, 15) is 0 Å². The predicted octanol–water partition coefficient (Wildman–Crippen LogP) is 5.47. The fraction of sp³-hybridized carbons (Fsp3) is 0.600. The van der Waals surface area contributed by atoms with Crippen LogP contribution in [0.25, 0.3) is 0 Å². The Labute approximate surface area is 121 Å². The smallest absolute Gasteiger partial charge is 0.0468 e. The summed E-state index contributed by atoms with van der Waals surface area (Å²) in [4.78, 5) is 0. The molecule has 0 aromatic heterocycles. The lowest BCUT2D eigenvalue weighted by molar-refractivity contribution is 0.341. The van der Waals surface area contributed by atoms with Crippen molar-refractivity contribution in [3.8, 4) is 0 Å². The molecule has 1 aromatic rings. The molecule has 0 radical (unpaired) electrons. The van der Waals surface area contributed by atoms with Gasteiger partial charge in [0.05, 0.1) is 0 Å². The molecule has 0 heterocycles. The fourth-order valence-corrected chi connectivity index (χ4v) is 2.79. The van der Waals surface area contributed by atoms with Gasteiger partial charge in [-0.05, 0) is 36.5 Å². The molecule has 18 heavy (non-hydrogen) atoms. The molecule has 1 rings (SSSR count). The van der Waals surface area contributed by atoms with E-state index in [4.69, 9.17) is 23.2 Å². The van der Waals surface area contributed by atoms with E-state index in [1.165, 1.54) is 0 Å². The third-order valence-electron chi connectivity index (χ3n) is 3.41. The lowest BCUT2D eigenvalue weighted by Gasteiger charge is -2.28. The molecule has 0 aliphatic heterocycles. The van der Waals surface area contributed by atoms with Gasteiger partial charge >= 0.3 is 0 Å². The third-order valence-corrected chi connectivity index (χ3v) is 3.97. The summed E-state index contributed by atoms with van der Waals surface area (Å²) in [6.07, 6.45) is 2.14. The molecule has 1 aromatic carbocycles. The molecule has 2 unspecified atom stereocenters. The lowest BCUT2D eigenvalue weighted by atomic mass is 9.97. The second-order valence-electron chi connectivity index (χ2n) is 5.05. The van der Waals surface area contributed by atoms with Crippen LogP contribution in [0.15, 0.2) is 18.2 Å². The highest BCUT2D eigenvalue weighted by molar-refractivity contribution is 6.35. The van der Waals surface area contributed by atoms with Crippen molar-refractivity contribution in [1.82, 2.24) is 5.32 Å². The SMILES string of the molecule is CCC(NC(CC)C(C)C)c1ccc(Cl)cc1Cl. The quantitative estimate of drug-likeness (QED) is 0.732. The minimum Gasteiger partial charge on any atom is -0.307 e. The fourth-order valence-electron chi connectivity index (χ4n) is 2.25. The average Bonchev–Trinajstić information content (AvgIpc) is 2.31. The summed E-state index contributed by atoms with van der Waals surface area (Å²) in [6.45, 7) is 8.89. The first-order valence-electron chi connectivity index (χ1n) is 6.70. The Balaban J connectivity index is 2.88. The maximum Gasteiger partial charge on any atom is 0.0468 e. The molecular weight excluding hydrogens is 265 g/mol. The third kappa shape index (κ3) is 4.15. The lowest BCUT2D eigenvalue weighted by Crippen LogP contribution is -2.36.